The summed E-state index contributed by atoms with van der Waals surface area (Å²) in [5.41, 5.74) is 5.21. The van der Waals surface area contributed by atoms with E-state index in [-0.39, 0.29) is 6.04 Å². The van der Waals surface area contributed by atoms with E-state index in [1.165, 1.54) is 5.56 Å². The Kier molecular flexibility index (Phi) is 5.49. The lowest BCUT2D eigenvalue weighted by atomic mass is 10.0. The first kappa shape index (κ1) is 19.5. The number of fused-ring (bicyclic) bond motifs is 1. The van der Waals surface area contributed by atoms with Crippen LogP contribution in [0.1, 0.15) is 28.6 Å². The third-order valence-electron chi connectivity index (χ3n) is 6.06. The number of rotatable bonds is 5. The maximum Gasteiger partial charge on any atom is 0.126 e. The van der Waals surface area contributed by atoms with Gasteiger partial charge in [-0.3, -0.25) is 9.80 Å². The predicted octanol–water partition coefficient (Wildman–Crippen LogP) is 4.49. The van der Waals surface area contributed by atoms with Crippen molar-refractivity contribution in [1.82, 2.24) is 19.8 Å². The molecule has 0 radical (unpaired) electrons. The van der Waals surface area contributed by atoms with Crippen molar-refractivity contribution in [2.24, 2.45) is 0 Å². The highest BCUT2D eigenvalue weighted by atomic mass is 15.3. The van der Waals surface area contributed by atoms with Crippen LogP contribution in [-0.4, -0.2) is 39.4 Å². The van der Waals surface area contributed by atoms with Gasteiger partial charge in [0.2, 0.25) is 0 Å². The van der Waals surface area contributed by atoms with E-state index in [1.807, 2.05) is 30.3 Å². The topological polar surface area (TPSA) is 59.0 Å². The minimum Gasteiger partial charge on any atom is -0.341 e. The van der Waals surface area contributed by atoms with Crippen molar-refractivity contribution in [3.8, 4) is 6.07 Å². The smallest absolute Gasteiger partial charge is 0.126 e. The summed E-state index contributed by atoms with van der Waals surface area (Å²) >= 11 is 0. The molecule has 5 nitrogen and oxygen atoms in total. The molecule has 0 aliphatic carbocycles. The Labute approximate surface area is 182 Å². The van der Waals surface area contributed by atoms with Crippen molar-refractivity contribution in [2.45, 2.75) is 19.1 Å². The number of para-hydroxylation sites is 2. The highest BCUT2D eigenvalue weighted by molar-refractivity contribution is 5.74. The van der Waals surface area contributed by atoms with E-state index in [1.54, 1.807) is 0 Å². The Bertz CT molecular complexity index is 1170. The molecule has 4 aromatic rings. The maximum absolute atomic E-state index is 9.54. The predicted molar refractivity (Wildman–Crippen MR) is 122 cm³/mol. The number of hydrogen-bond acceptors (Lipinski definition) is 4. The van der Waals surface area contributed by atoms with E-state index in [2.05, 4.69) is 69.4 Å². The molecule has 1 aliphatic heterocycles. The van der Waals surface area contributed by atoms with Crippen LogP contribution in [0.5, 0.6) is 0 Å². The number of benzene rings is 3. The number of H-pyrrole nitrogens is 1. The fourth-order valence-electron chi connectivity index (χ4n) is 4.43. The fourth-order valence-corrected chi connectivity index (χ4v) is 4.43. The first-order valence-corrected chi connectivity index (χ1v) is 10.7. The number of nitrogens with one attached hydrogen (secondary N) is 1. The van der Waals surface area contributed by atoms with Crippen molar-refractivity contribution in [2.75, 3.05) is 19.6 Å². The lowest BCUT2D eigenvalue weighted by Gasteiger charge is -2.40. The van der Waals surface area contributed by atoms with Crippen molar-refractivity contribution in [1.29, 1.82) is 5.26 Å². The zero-order valence-corrected chi connectivity index (χ0v) is 17.4. The van der Waals surface area contributed by atoms with Gasteiger partial charge in [-0.25, -0.2) is 4.98 Å². The Morgan fingerprint density at radius 1 is 0.903 bits per heavy atom. The summed E-state index contributed by atoms with van der Waals surface area (Å²) in [4.78, 5) is 13.4. The SMILES string of the molecule is N#Cc1ccccc1CN1CCN(Cc2ccccc2)CC1c1nc2ccccc2[nH]1. The number of imidazole rings is 1. The molecular weight excluding hydrogens is 382 g/mol. The Morgan fingerprint density at radius 3 is 2.52 bits per heavy atom. The summed E-state index contributed by atoms with van der Waals surface area (Å²) in [7, 11) is 0. The summed E-state index contributed by atoms with van der Waals surface area (Å²) in [6.07, 6.45) is 0. The van der Waals surface area contributed by atoms with Crippen LogP contribution in [0.3, 0.4) is 0 Å². The number of piperazine rings is 1. The normalized spacial score (nSPS) is 17.6. The average Bonchev–Trinajstić information content (AvgIpc) is 3.25. The summed E-state index contributed by atoms with van der Waals surface area (Å²) in [5, 5.41) is 9.54. The first-order chi connectivity index (χ1) is 15.3. The van der Waals surface area contributed by atoms with E-state index < -0.39 is 0 Å². The molecule has 1 N–H and O–H groups in total. The molecule has 1 aromatic heterocycles. The fraction of sp³-hybridized carbons (Fsp3) is 0.231. The van der Waals surface area contributed by atoms with Crippen LogP contribution in [0, 0.1) is 11.3 Å². The summed E-state index contributed by atoms with van der Waals surface area (Å²) in [5.74, 6) is 0.994. The Morgan fingerprint density at radius 2 is 1.68 bits per heavy atom. The number of nitriles is 1. The quantitative estimate of drug-likeness (QED) is 0.529. The van der Waals surface area contributed by atoms with Crippen molar-refractivity contribution in [3.05, 3.63) is 101 Å². The summed E-state index contributed by atoms with van der Waals surface area (Å²) < 4.78 is 0. The van der Waals surface area contributed by atoms with Crippen LogP contribution in [0.15, 0.2) is 78.9 Å². The third-order valence-corrected chi connectivity index (χ3v) is 6.06. The highest BCUT2D eigenvalue weighted by Crippen LogP contribution is 2.28. The van der Waals surface area contributed by atoms with Gasteiger partial charge in [0, 0.05) is 32.7 Å². The van der Waals surface area contributed by atoms with Gasteiger partial charge in [0.25, 0.3) is 0 Å². The molecule has 2 heterocycles. The second kappa shape index (κ2) is 8.73. The molecule has 1 unspecified atom stereocenters. The molecule has 1 saturated heterocycles. The van der Waals surface area contributed by atoms with E-state index in [4.69, 9.17) is 4.98 Å². The minimum absolute atomic E-state index is 0.136. The third kappa shape index (κ3) is 4.22. The Balaban J connectivity index is 1.44. The van der Waals surface area contributed by atoms with E-state index >= 15 is 0 Å². The van der Waals surface area contributed by atoms with Crippen LogP contribution >= 0.6 is 0 Å². The van der Waals surface area contributed by atoms with Crippen LogP contribution in [0.25, 0.3) is 11.0 Å². The molecule has 1 aliphatic rings. The van der Waals surface area contributed by atoms with Crippen molar-refractivity contribution >= 4 is 11.0 Å². The minimum atomic E-state index is 0.136. The maximum atomic E-state index is 9.54. The second-order valence-corrected chi connectivity index (χ2v) is 8.12. The zero-order valence-electron chi connectivity index (χ0n) is 17.4. The van der Waals surface area contributed by atoms with Gasteiger partial charge in [0.05, 0.1) is 28.7 Å². The molecule has 31 heavy (non-hydrogen) atoms. The summed E-state index contributed by atoms with van der Waals surface area (Å²) in [6.45, 7) is 4.48. The monoisotopic (exact) mass is 407 g/mol. The molecule has 0 amide bonds. The van der Waals surface area contributed by atoms with Crippen LogP contribution < -0.4 is 0 Å². The molecular formula is C26H25N5. The molecule has 5 heteroatoms. The second-order valence-electron chi connectivity index (χ2n) is 8.12. The molecule has 0 bridgehead atoms. The van der Waals surface area contributed by atoms with Gasteiger partial charge in [-0.05, 0) is 29.3 Å². The van der Waals surface area contributed by atoms with Crippen molar-refractivity contribution < 1.29 is 0 Å². The van der Waals surface area contributed by atoms with Crippen LogP contribution in [-0.2, 0) is 13.1 Å². The number of aromatic nitrogens is 2. The van der Waals surface area contributed by atoms with Crippen LogP contribution in [0.2, 0.25) is 0 Å². The number of hydrogen-bond donors (Lipinski definition) is 1. The van der Waals surface area contributed by atoms with Crippen LogP contribution in [0.4, 0.5) is 0 Å². The standard InChI is InChI=1S/C26H25N5/c27-16-21-10-4-5-11-22(21)18-31-15-14-30(17-20-8-2-1-3-9-20)19-25(31)26-28-23-12-6-7-13-24(23)29-26/h1-13,25H,14-15,17-19H2,(H,28,29). The van der Waals surface area contributed by atoms with Gasteiger partial charge < -0.3 is 4.98 Å². The van der Waals surface area contributed by atoms with Gasteiger partial charge >= 0.3 is 0 Å². The van der Waals surface area contributed by atoms with E-state index in [0.29, 0.717) is 0 Å². The molecule has 1 fully saturated rings. The lowest BCUT2D eigenvalue weighted by Crippen LogP contribution is -2.48. The number of nitrogens with zero attached hydrogens (tertiary/aromatic N) is 4. The van der Waals surface area contributed by atoms with Gasteiger partial charge in [-0.2, -0.15) is 5.26 Å². The number of aromatic amines is 1. The van der Waals surface area contributed by atoms with Crippen molar-refractivity contribution in [3.63, 3.8) is 0 Å². The van der Waals surface area contributed by atoms with Gasteiger partial charge in [-0.15, -0.1) is 0 Å². The van der Waals surface area contributed by atoms with Gasteiger partial charge in [0.1, 0.15) is 5.82 Å². The highest BCUT2D eigenvalue weighted by Gasteiger charge is 2.31. The van der Waals surface area contributed by atoms with Gasteiger partial charge in [0.15, 0.2) is 0 Å². The zero-order chi connectivity index (χ0) is 21.0. The molecule has 5 rings (SSSR count). The molecule has 1 atom stereocenters. The molecule has 154 valence electrons. The lowest BCUT2D eigenvalue weighted by molar-refractivity contribution is 0.0596. The van der Waals surface area contributed by atoms with Gasteiger partial charge in [-0.1, -0.05) is 60.7 Å². The summed E-state index contributed by atoms with van der Waals surface area (Å²) in [6, 6.07) is 29.2. The largest absolute Gasteiger partial charge is 0.341 e. The molecule has 3 aromatic carbocycles. The van der Waals surface area contributed by atoms with E-state index in [9.17, 15) is 5.26 Å². The average molecular weight is 408 g/mol. The first-order valence-electron chi connectivity index (χ1n) is 10.7. The van der Waals surface area contributed by atoms with E-state index in [0.717, 1.165) is 60.7 Å². The Hall–Kier alpha value is -3.46. The molecule has 0 spiro atoms. The molecule has 0 saturated carbocycles.